The fourth-order valence-electron chi connectivity index (χ4n) is 1.67. The highest BCUT2D eigenvalue weighted by molar-refractivity contribution is 7.94. The van der Waals surface area contributed by atoms with Gasteiger partial charge in [-0.1, -0.05) is 6.07 Å². The number of thiophene rings is 1. The molecular formula is C13H14N2O4S2. The van der Waals surface area contributed by atoms with Gasteiger partial charge >= 0.3 is 0 Å². The Morgan fingerprint density at radius 1 is 1.29 bits per heavy atom. The average Bonchev–Trinajstić information content (AvgIpc) is 3.01. The summed E-state index contributed by atoms with van der Waals surface area (Å²) in [5, 5.41) is 4.14. The van der Waals surface area contributed by atoms with E-state index in [1.165, 1.54) is 32.4 Å². The van der Waals surface area contributed by atoms with Crippen LogP contribution in [-0.2, 0) is 10.0 Å². The molecule has 6 nitrogen and oxygen atoms in total. The molecule has 1 aromatic carbocycles. The van der Waals surface area contributed by atoms with Gasteiger partial charge in [-0.25, -0.2) is 8.42 Å². The fourth-order valence-corrected chi connectivity index (χ4v) is 3.75. The van der Waals surface area contributed by atoms with Crippen LogP contribution in [0.2, 0.25) is 0 Å². The third kappa shape index (κ3) is 3.34. The van der Waals surface area contributed by atoms with E-state index in [9.17, 15) is 13.2 Å². The van der Waals surface area contributed by atoms with Gasteiger partial charge in [0.05, 0.1) is 18.4 Å². The molecule has 0 bridgehead atoms. The Hall–Kier alpha value is -2.06. The quantitative estimate of drug-likeness (QED) is 0.879. The predicted molar refractivity (Wildman–Crippen MR) is 81.5 cm³/mol. The zero-order chi connectivity index (χ0) is 15.5. The van der Waals surface area contributed by atoms with Gasteiger partial charge < -0.3 is 10.1 Å². The minimum absolute atomic E-state index is 0.182. The van der Waals surface area contributed by atoms with E-state index in [-0.39, 0.29) is 15.5 Å². The molecule has 1 aromatic heterocycles. The average molecular weight is 326 g/mol. The third-order valence-electron chi connectivity index (χ3n) is 2.70. The number of hydrogen-bond acceptors (Lipinski definition) is 5. The van der Waals surface area contributed by atoms with Crippen LogP contribution in [0.25, 0.3) is 0 Å². The molecule has 2 aromatic rings. The van der Waals surface area contributed by atoms with Crippen LogP contribution < -0.4 is 14.8 Å². The van der Waals surface area contributed by atoms with Crippen molar-refractivity contribution in [3.05, 3.63) is 41.3 Å². The zero-order valence-corrected chi connectivity index (χ0v) is 13.0. The number of ether oxygens (including phenoxy) is 1. The van der Waals surface area contributed by atoms with E-state index in [2.05, 4.69) is 10.0 Å². The lowest BCUT2D eigenvalue weighted by Crippen LogP contribution is -2.21. The monoisotopic (exact) mass is 326 g/mol. The second-order valence-electron chi connectivity index (χ2n) is 4.03. The van der Waals surface area contributed by atoms with Crippen molar-refractivity contribution in [2.45, 2.75) is 4.21 Å². The van der Waals surface area contributed by atoms with Crippen molar-refractivity contribution >= 4 is 33.0 Å². The molecule has 21 heavy (non-hydrogen) atoms. The molecule has 1 amide bonds. The summed E-state index contributed by atoms with van der Waals surface area (Å²) in [5.41, 5.74) is 0.389. The lowest BCUT2D eigenvalue weighted by molar-refractivity contribution is 0.0963. The van der Waals surface area contributed by atoms with E-state index in [4.69, 9.17) is 4.74 Å². The van der Waals surface area contributed by atoms with E-state index in [1.54, 1.807) is 17.5 Å². The van der Waals surface area contributed by atoms with Crippen molar-refractivity contribution < 1.29 is 17.9 Å². The van der Waals surface area contributed by atoms with Crippen LogP contribution in [0.15, 0.2) is 39.9 Å². The van der Waals surface area contributed by atoms with Gasteiger partial charge in [0.15, 0.2) is 0 Å². The number of carbonyl (C=O) groups is 1. The molecule has 2 rings (SSSR count). The predicted octanol–water partition coefficient (Wildman–Crippen LogP) is 1.92. The zero-order valence-electron chi connectivity index (χ0n) is 11.4. The number of sulfonamides is 1. The standard InChI is InChI=1S/C13H14N2O4S2/c1-14-13(16)10-8-9(19-2)5-6-11(10)15-21(17,18)12-4-3-7-20-12/h3-8,15H,1-2H3,(H,14,16). The molecule has 0 fully saturated rings. The molecule has 0 aliphatic heterocycles. The molecule has 0 saturated carbocycles. The Kier molecular flexibility index (Phi) is 4.49. The smallest absolute Gasteiger partial charge is 0.271 e. The fraction of sp³-hybridized carbons (Fsp3) is 0.154. The third-order valence-corrected chi connectivity index (χ3v) is 5.47. The lowest BCUT2D eigenvalue weighted by Gasteiger charge is -2.12. The molecule has 0 saturated heterocycles. The molecular weight excluding hydrogens is 312 g/mol. The lowest BCUT2D eigenvalue weighted by atomic mass is 10.1. The first-order chi connectivity index (χ1) is 9.97. The summed E-state index contributed by atoms with van der Waals surface area (Å²) in [6.07, 6.45) is 0. The first kappa shape index (κ1) is 15.3. The molecule has 0 aliphatic carbocycles. The first-order valence-electron chi connectivity index (χ1n) is 5.94. The molecule has 0 unspecified atom stereocenters. The Bertz CT molecular complexity index is 740. The summed E-state index contributed by atoms with van der Waals surface area (Å²) in [6, 6.07) is 7.70. The number of rotatable bonds is 5. The highest BCUT2D eigenvalue weighted by atomic mass is 32.2. The summed E-state index contributed by atoms with van der Waals surface area (Å²) in [5.74, 6) is 0.0606. The number of nitrogens with one attached hydrogen (secondary N) is 2. The van der Waals surface area contributed by atoms with Crippen LogP contribution in [0.5, 0.6) is 5.75 Å². The van der Waals surface area contributed by atoms with Gasteiger partial charge in [0.25, 0.3) is 15.9 Å². The molecule has 2 N–H and O–H groups in total. The van der Waals surface area contributed by atoms with Crippen molar-refractivity contribution in [3.63, 3.8) is 0 Å². The van der Waals surface area contributed by atoms with Gasteiger partial charge in [-0.15, -0.1) is 11.3 Å². The summed E-state index contributed by atoms with van der Waals surface area (Å²) in [4.78, 5) is 11.9. The van der Waals surface area contributed by atoms with E-state index in [1.807, 2.05) is 0 Å². The van der Waals surface area contributed by atoms with E-state index < -0.39 is 15.9 Å². The van der Waals surface area contributed by atoms with Gasteiger partial charge in [0, 0.05) is 7.05 Å². The Balaban J connectivity index is 2.42. The maximum atomic E-state index is 12.2. The van der Waals surface area contributed by atoms with Gasteiger partial charge in [-0.3, -0.25) is 9.52 Å². The Morgan fingerprint density at radius 2 is 2.05 bits per heavy atom. The SMILES string of the molecule is CNC(=O)c1cc(OC)ccc1NS(=O)(=O)c1cccs1. The number of methoxy groups -OCH3 is 1. The number of carbonyl (C=O) groups excluding carboxylic acids is 1. The minimum Gasteiger partial charge on any atom is -0.497 e. The van der Waals surface area contributed by atoms with Crippen LogP contribution in [0, 0.1) is 0 Å². The summed E-state index contributed by atoms with van der Waals surface area (Å²) in [7, 11) is -0.764. The first-order valence-corrected chi connectivity index (χ1v) is 8.30. The van der Waals surface area contributed by atoms with Crippen LogP contribution in [0.3, 0.4) is 0 Å². The van der Waals surface area contributed by atoms with E-state index in [0.29, 0.717) is 5.75 Å². The number of hydrogen-bond donors (Lipinski definition) is 2. The summed E-state index contributed by atoms with van der Waals surface area (Å²) < 4.78 is 32.1. The van der Waals surface area contributed by atoms with Gasteiger partial charge in [-0.05, 0) is 29.6 Å². The van der Waals surface area contributed by atoms with Gasteiger partial charge in [0.2, 0.25) is 0 Å². The molecule has 0 spiro atoms. The topological polar surface area (TPSA) is 84.5 Å². The largest absolute Gasteiger partial charge is 0.497 e. The number of anilines is 1. The highest BCUT2D eigenvalue weighted by Crippen LogP contribution is 2.26. The van der Waals surface area contributed by atoms with Crippen LogP contribution in [-0.4, -0.2) is 28.5 Å². The summed E-state index contributed by atoms with van der Waals surface area (Å²) in [6.45, 7) is 0. The van der Waals surface area contributed by atoms with Crippen molar-refractivity contribution in [2.24, 2.45) is 0 Å². The molecule has 8 heteroatoms. The Labute approximate surface area is 126 Å². The molecule has 0 radical (unpaired) electrons. The maximum Gasteiger partial charge on any atom is 0.271 e. The van der Waals surface area contributed by atoms with E-state index in [0.717, 1.165) is 11.3 Å². The van der Waals surface area contributed by atoms with E-state index >= 15 is 0 Å². The van der Waals surface area contributed by atoms with Crippen molar-refractivity contribution in [3.8, 4) is 5.75 Å². The van der Waals surface area contributed by atoms with Crippen molar-refractivity contribution in [1.29, 1.82) is 0 Å². The molecule has 112 valence electrons. The normalized spacial score (nSPS) is 11.0. The van der Waals surface area contributed by atoms with Crippen molar-refractivity contribution in [2.75, 3.05) is 18.9 Å². The molecule has 0 aliphatic rings. The molecule has 1 heterocycles. The minimum atomic E-state index is -3.71. The number of benzene rings is 1. The van der Waals surface area contributed by atoms with Crippen LogP contribution in [0.1, 0.15) is 10.4 Å². The van der Waals surface area contributed by atoms with Crippen LogP contribution >= 0.6 is 11.3 Å². The highest BCUT2D eigenvalue weighted by Gasteiger charge is 2.19. The molecule has 0 atom stereocenters. The number of amides is 1. The Morgan fingerprint density at radius 3 is 2.62 bits per heavy atom. The second kappa shape index (κ2) is 6.15. The van der Waals surface area contributed by atoms with Crippen molar-refractivity contribution in [1.82, 2.24) is 5.32 Å². The van der Waals surface area contributed by atoms with Crippen LogP contribution in [0.4, 0.5) is 5.69 Å². The summed E-state index contributed by atoms with van der Waals surface area (Å²) >= 11 is 1.10. The van der Waals surface area contributed by atoms with Gasteiger partial charge in [0.1, 0.15) is 9.96 Å². The van der Waals surface area contributed by atoms with Gasteiger partial charge in [-0.2, -0.15) is 0 Å². The second-order valence-corrected chi connectivity index (χ2v) is 6.89. The maximum absolute atomic E-state index is 12.2.